The van der Waals surface area contributed by atoms with Gasteiger partial charge in [0.1, 0.15) is 5.58 Å². The van der Waals surface area contributed by atoms with Crippen molar-refractivity contribution in [2.24, 2.45) is 0 Å². The molecule has 0 fully saturated rings. The van der Waals surface area contributed by atoms with Gasteiger partial charge in [-0.15, -0.1) is 0 Å². The second-order valence-electron chi connectivity index (χ2n) is 4.67. The maximum atomic E-state index is 11.3. The third-order valence-corrected chi connectivity index (χ3v) is 3.47. The summed E-state index contributed by atoms with van der Waals surface area (Å²) in [5, 5.41) is 1.10. The molecule has 88 valence electrons. The zero-order valence-electron chi connectivity index (χ0n) is 10.1. The van der Waals surface area contributed by atoms with Crippen LogP contribution < -0.4 is 4.90 Å². The average molecular weight is 229 g/mol. The van der Waals surface area contributed by atoms with Crippen molar-refractivity contribution >= 4 is 22.4 Å². The molecule has 1 aliphatic rings. The smallest absolute Gasteiger partial charge is 0.194 e. The Bertz CT molecular complexity index is 598. The highest BCUT2D eigenvalue weighted by Crippen LogP contribution is 2.34. The standard InChI is InChI=1S/C14H15NO2/c1-9(16)14-8-11-10-4-3-7-15(2)12(10)5-6-13(11)17-14/h5-6,8H,3-4,7H2,1-2H3. The fourth-order valence-electron chi connectivity index (χ4n) is 2.57. The number of hydrogen-bond donors (Lipinski definition) is 0. The molecule has 3 heteroatoms. The Morgan fingerprint density at radius 1 is 1.41 bits per heavy atom. The second-order valence-corrected chi connectivity index (χ2v) is 4.67. The van der Waals surface area contributed by atoms with Gasteiger partial charge in [0.05, 0.1) is 0 Å². The summed E-state index contributed by atoms with van der Waals surface area (Å²) in [5.41, 5.74) is 3.40. The molecule has 0 bridgehead atoms. The van der Waals surface area contributed by atoms with Gasteiger partial charge in [-0.1, -0.05) is 0 Å². The van der Waals surface area contributed by atoms with Crippen molar-refractivity contribution in [1.29, 1.82) is 0 Å². The molecular formula is C14H15NO2. The number of fused-ring (bicyclic) bond motifs is 3. The highest BCUT2D eigenvalue weighted by atomic mass is 16.3. The van der Waals surface area contributed by atoms with Crippen LogP contribution in [0.1, 0.15) is 29.5 Å². The Morgan fingerprint density at radius 2 is 2.24 bits per heavy atom. The van der Waals surface area contributed by atoms with Crippen LogP contribution in [0, 0.1) is 0 Å². The molecule has 0 saturated carbocycles. The summed E-state index contributed by atoms with van der Waals surface area (Å²) in [6, 6.07) is 5.93. The largest absolute Gasteiger partial charge is 0.453 e. The van der Waals surface area contributed by atoms with E-state index in [0.29, 0.717) is 5.76 Å². The predicted molar refractivity (Wildman–Crippen MR) is 67.8 cm³/mol. The Balaban J connectivity index is 2.26. The maximum absolute atomic E-state index is 11.3. The zero-order chi connectivity index (χ0) is 12.0. The number of benzene rings is 1. The van der Waals surface area contributed by atoms with Gasteiger partial charge in [0, 0.05) is 31.6 Å². The molecular weight excluding hydrogens is 214 g/mol. The quantitative estimate of drug-likeness (QED) is 0.705. The lowest BCUT2D eigenvalue weighted by atomic mass is 9.98. The summed E-state index contributed by atoms with van der Waals surface area (Å²) in [6.45, 7) is 2.63. The van der Waals surface area contributed by atoms with E-state index in [9.17, 15) is 4.79 Å². The first-order chi connectivity index (χ1) is 8.16. The van der Waals surface area contributed by atoms with Crippen LogP contribution in [0.15, 0.2) is 22.6 Å². The topological polar surface area (TPSA) is 33.5 Å². The van der Waals surface area contributed by atoms with Crippen LogP contribution >= 0.6 is 0 Å². The van der Waals surface area contributed by atoms with E-state index in [1.807, 2.05) is 12.1 Å². The van der Waals surface area contributed by atoms with Crippen molar-refractivity contribution in [1.82, 2.24) is 0 Å². The van der Waals surface area contributed by atoms with E-state index >= 15 is 0 Å². The van der Waals surface area contributed by atoms with Crippen LogP contribution in [-0.4, -0.2) is 19.4 Å². The summed E-state index contributed by atoms with van der Waals surface area (Å²) in [5.74, 6) is 0.445. The molecule has 2 aromatic rings. The number of nitrogens with zero attached hydrogens (tertiary/aromatic N) is 1. The first-order valence-corrected chi connectivity index (χ1v) is 5.94. The number of furan rings is 1. The molecule has 3 rings (SSSR count). The predicted octanol–water partition coefficient (Wildman–Crippen LogP) is 3.02. The maximum Gasteiger partial charge on any atom is 0.194 e. The molecule has 0 amide bonds. The lowest BCUT2D eigenvalue weighted by molar-refractivity contribution is 0.0989. The molecule has 0 unspecified atom stereocenters. The molecule has 3 nitrogen and oxygen atoms in total. The molecule has 0 radical (unpaired) electrons. The second kappa shape index (κ2) is 3.62. The minimum atomic E-state index is -0.0147. The highest BCUT2D eigenvalue weighted by molar-refractivity contribution is 5.98. The SMILES string of the molecule is CC(=O)c1cc2c3c(ccc2o1)N(C)CCC3. The summed E-state index contributed by atoms with van der Waals surface area (Å²) in [7, 11) is 2.11. The molecule has 0 atom stereocenters. The van der Waals surface area contributed by atoms with Gasteiger partial charge in [0.2, 0.25) is 0 Å². The fraction of sp³-hybridized carbons (Fsp3) is 0.357. The van der Waals surface area contributed by atoms with Gasteiger partial charge >= 0.3 is 0 Å². The molecule has 1 aliphatic heterocycles. The van der Waals surface area contributed by atoms with Gasteiger partial charge in [-0.05, 0) is 36.6 Å². The van der Waals surface area contributed by atoms with Gasteiger partial charge in [0.15, 0.2) is 11.5 Å². The van der Waals surface area contributed by atoms with E-state index in [4.69, 9.17) is 4.42 Å². The number of anilines is 1. The third-order valence-electron chi connectivity index (χ3n) is 3.47. The molecule has 2 heterocycles. The molecule has 0 spiro atoms. The fourth-order valence-corrected chi connectivity index (χ4v) is 2.57. The van der Waals surface area contributed by atoms with Gasteiger partial charge in [-0.25, -0.2) is 0 Å². The number of carbonyl (C=O) groups is 1. The third kappa shape index (κ3) is 1.54. The van der Waals surface area contributed by atoms with Crippen LogP contribution in [0.3, 0.4) is 0 Å². The molecule has 1 aromatic carbocycles. The molecule has 0 saturated heterocycles. The van der Waals surface area contributed by atoms with Crippen molar-refractivity contribution in [3.05, 3.63) is 29.5 Å². The van der Waals surface area contributed by atoms with Gasteiger partial charge in [0.25, 0.3) is 0 Å². The van der Waals surface area contributed by atoms with Crippen LogP contribution in [0.25, 0.3) is 11.0 Å². The summed E-state index contributed by atoms with van der Waals surface area (Å²) in [6.07, 6.45) is 2.22. The van der Waals surface area contributed by atoms with Crippen LogP contribution in [0.2, 0.25) is 0 Å². The normalized spacial score (nSPS) is 15.1. The van der Waals surface area contributed by atoms with Gasteiger partial charge in [-0.2, -0.15) is 0 Å². The Morgan fingerprint density at radius 3 is 3.00 bits per heavy atom. The van der Waals surface area contributed by atoms with Crippen molar-refractivity contribution in [2.75, 3.05) is 18.5 Å². The van der Waals surface area contributed by atoms with Crippen molar-refractivity contribution in [3.8, 4) is 0 Å². The number of Topliss-reactive ketones (excluding diaryl/α,β-unsaturated/α-hetero) is 1. The van der Waals surface area contributed by atoms with Crippen molar-refractivity contribution in [2.45, 2.75) is 19.8 Å². The van der Waals surface area contributed by atoms with Crippen LogP contribution in [0.4, 0.5) is 5.69 Å². The lowest BCUT2D eigenvalue weighted by Crippen LogP contribution is -2.24. The van der Waals surface area contributed by atoms with E-state index in [-0.39, 0.29) is 5.78 Å². The van der Waals surface area contributed by atoms with E-state index in [2.05, 4.69) is 18.0 Å². The van der Waals surface area contributed by atoms with Gasteiger partial charge in [-0.3, -0.25) is 4.79 Å². The summed E-state index contributed by atoms with van der Waals surface area (Å²) >= 11 is 0. The van der Waals surface area contributed by atoms with Crippen LogP contribution in [0.5, 0.6) is 0 Å². The Hall–Kier alpha value is -1.77. The Kier molecular flexibility index (Phi) is 2.21. The van der Waals surface area contributed by atoms with Crippen molar-refractivity contribution < 1.29 is 9.21 Å². The molecule has 1 aromatic heterocycles. The monoisotopic (exact) mass is 229 g/mol. The van der Waals surface area contributed by atoms with E-state index in [1.165, 1.54) is 18.2 Å². The number of rotatable bonds is 1. The zero-order valence-corrected chi connectivity index (χ0v) is 10.1. The Labute approximate surface area is 100 Å². The van der Waals surface area contributed by atoms with Crippen molar-refractivity contribution in [3.63, 3.8) is 0 Å². The first-order valence-electron chi connectivity index (χ1n) is 5.94. The first kappa shape index (κ1) is 10.4. The summed E-state index contributed by atoms with van der Waals surface area (Å²) in [4.78, 5) is 13.6. The number of hydrogen-bond acceptors (Lipinski definition) is 3. The summed E-state index contributed by atoms with van der Waals surface area (Å²) < 4.78 is 5.56. The van der Waals surface area contributed by atoms with E-state index in [1.54, 1.807) is 0 Å². The van der Waals surface area contributed by atoms with E-state index < -0.39 is 0 Å². The molecule has 0 N–H and O–H groups in total. The highest BCUT2D eigenvalue weighted by Gasteiger charge is 2.19. The lowest BCUT2D eigenvalue weighted by Gasteiger charge is -2.27. The minimum Gasteiger partial charge on any atom is -0.453 e. The average Bonchev–Trinajstić information content (AvgIpc) is 2.73. The molecule has 0 aliphatic carbocycles. The number of aryl methyl sites for hydroxylation is 1. The number of ketones is 1. The number of carbonyl (C=O) groups excluding carboxylic acids is 1. The minimum absolute atomic E-state index is 0.0147. The van der Waals surface area contributed by atoms with E-state index in [0.717, 1.165) is 30.4 Å². The molecule has 17 heavy (non-hydrogen) atoms. The van der Waals surface area contributed by atoms with Gasteiger partial charge < -0.3 is 9.32 Å². The van der Waals surface area contributed by atoms with Crippen LogP contribution in [-0.2, 0) is 6.42 Å².